The van der Waals surface area contributed by atoms with E-state index in [1.165, 1.54) is 0 Å². The number of halogens is 6. The third-order valence-electron chi connectivity index (χ3n) is 2.26. The predicted octanol–water partition coefficient (Wildman–Crippen LogP) is 4.14. The summed E-state index contributed by atoms with van der Waals surface area (Å²) in [6, 6.07) is 1.11. The molecule has 0 heterocycles. The molecule has 0 spiro atoms. The zero-order valence-corrected chi connectivity index (χ0v) is 10.4. The van der Waals surface area contributed by atoms with Crippen molar-refractivity contribution in [2.24, 2.45) is 0 Å². The maximum atomic E-state index is 12.5. The van der Waals surface area contributed by atoms with Gasteiger partial charge in [-0.1, -0.05) is 0 Å². The topological polar surface area (TPSA) is 18.5 Å². The van der Waals surface area contributed by atoms with Crippen molar-refractivity contribution in [1.82, 2.24) is 0 Å². The van der Waals surface area contributed by atoms with Crippen LogP contribution in [0.25, 0.3) is 0 Å². The first-order chi connectivity index (χ1) is 9.14. The molecule has 114 valence electrons. The van der Waals surface area contributed by atoms with Crippen LogP contribution in [0.3, 0.4) is 0 Å². The number of alkyl halides is 6. The summed E-state index contributed by atoms with van der Waals surface area (Å²) in [7, 11) is 0. The Hall–Kier alpha value is -1.44. The van der Waals surface area contributed by atoms with Crippen molar-refractivity contribution in [2.75, 3.05) is 19.8 Å². The largest absolute Gasteiger partial charge is 0.491 e. The fraction of sp³-hybridized carbons (Fsp3) is 0.500. The number of hydrogen-bond acceptors (Lipinski definition) is 2. The molecule has 0 aromatic heterocycles. The van der Waals surface area contributed by atoms with Gasteiger partial charge in [-0.2, -0.15) is 26.3 Å². The molecule has 0 atom stereocenters. The van der Waals surface area contributed by atoms with Crippen LogP contribution in [0.4, 0.5) is 26.3 Å². The Morgan fingerprint density at radius 2 is 1.35 bits per heavy atom. The molecule has 1 aromatic rings. The molecular weight excluding hydrogens is 290 g/mol. The van der Waals surface area contributed by atoms with Crippen LogP contribution in [-0.2, 0) is 17.1 Å². The quantitative estimate of drug-likeness (QED) is 0.601. The van der Waals surface area contributed by atoms with Crippen LogP contribution < -0.4 is 4.74 Å². The van der Waals surface area contributed by atoms with Crippen LogP contribution in [-0.4, -0.2) is 19.8 Å². The van der Waals surface area contributed by atoms with Gasteiger partial charge < -0.3 is 9.47 Å². The van der Waals surface area contributed by atoms with Gasteiger partial charge in [0.1, 0.15) is 12.4 Å². The lowest BCUT2D eigenvalue weighted by molar-refractivity contribution is -0.143. The van der Waals surface area contributed by atoms with Crippen molar-refractivity contribution < 1.29 is 35.8 Å². The second-order valence-corrected chi connectivity index (χ2v) is 3.79. The second kappa shape index (κ2) is 6.34. The summed E-state index contributed by atoms with van der Waals surface area (Å²) in [5.41, 5.74) is -2.81. The Bertz CT molecular complexity index is 406. The van der Waals surface area contributed by atoms with Crippen LogP contribution in [0.1, 0.15) is 18.1 Å². The molecule has 0 saturated heterocycles. The molecule has 1 rings (SSSR count). The van der Waals surface area contributed by atoms with Crippen molar-refractivity contribution in [3.8, 4) is 5.75 Å². The third kappa shape index (κ3) is 4.92. The van der Waals surface area contributed by atoms with Crippen molar-refractivity contribution >= 4 is 0 Å². The van der Waals surface area contributed by atoms with Gasteiger partial charge in [-0.15, -0.1) is 0 Å². The van der Waals surface area contributed by atoms with E-state index in [4.69, 9.17) is 9.47 Å². The maximum Gasteiger partial charge on any atom is 0.416 e. The molecule has 0 fully saturated rings. The highest BCUT2D eigenvalue weighted by Gasteiger charge is 2.37. The average Bonchev–Trinajstić information content (AvgIpc) is 2.32. The zero-order chi connectivity index (χ0) is 15.4. The predicted molar refractivity (Wildman–Crippen MR) is 58.4 cm³/mol. The second-order valence-electron chi connectivity index (χ2n) is 3.79. The van der Waals surface area contributed by atoms with Gasteiger partial charge in [-0.05, 0) is 25.1 Å². The standard InChI is InChI=1S/C12H12F6O2/c1-2-19-3-4-20-10-6-8(11(13,14)15)5-9(7-10)12(16,17)18/h5-7H,2-4H2,1H3. The molecule has 0 saturated carbocycles. The van der Waals surface area contributed by atoms with Crippen LogP contribution in [0, 0.1) is 0 Å². The van der Waals surface area contributed by atoms with E-state index in [9.17, 15) is 26.3 Å². The number of ether oxygens (including phenoxy) is 2. The molecule has 0 aliphatic rings. The number of rotatable bonds is 5. The van der Waals surface area contributed by atoms with Crippen molar-refractivity contribution in [2.45, 2.75) is 19.3 Å². The van der Waals surface area contributed by atoms with Gasteiger partial charge in [0.25, 0.3) is 0 Å². The van der Waals surface area contributed by atoms with Gasteiger partial charge in [0.2, 0.25) is 0 Å². The van der Waals surface area contributed by atoms with E-state index < -0.39 is 29.2 Å². The average molecular weight is 302 g/mol. The lowest BCUT2D eigenvalue weighted by Crippen LogP contribution is -2.12. The highest BCUT2D eigenvalue weighted by Crippen LogP contribution is 2.38. The summed E-state index contributed by atoms with van der Waals surface area (Å²) < 4.78 is 84.9. The summed E-state index contributed by atoms with van der Waals surface area (Å²) in [5.74, 6) is -0.494. The van der Waals surface area contributed by atoms with Gasteiger partial charge in [-0.3, -0.25) is 0 Å². The van der Waals surface area contributed by atoms with E-state index in [0.717, 1.165) is 0 Å². The lowest BCUT2D eigenvalue weighted by atomic mass is 10.1. The minimum atomic E-state index is -4.88. The first-order valence-electron chi connectivity index (χ1n) is 5.64. The van der Waals surface area contributed by atoms with Crippen molar-refractivity contribution in [3.63, 3.8) is 0 Å². The summed E-state index contributed by atoms with van der Waals surface area (Å²) >= 11 is 0. The number of benzene rings is 1. The lowest BCUT2D eigenvalue weighted by Gasteiger charge is -2.14. The molecule has 0 aliphatic heterocycles. The Morgan fingerprint density at radius 1 is 0.850 bits per heavy atom. The molecule has 0 amide bonds. The van der Waals surface area contributed by atoms with E-state index in [0.29, 0.717) is 18.7 Å². The molecule has 0 N–H and O–H groups in total. The van der Waals surface area contributed by atoms with Crippen molar-refractivity contribution in [3.05, 3.63) is 29.3 Å². The third-order valence-corrected chi connectivity index (χ3v) is 2.26. The van der Waals surface area contributed by atoms with E-state index in [2.05, 4.69) is 0 Å². The molecule has 1 aromatic carbocycles. The van der Waals surface area contributed by atoms with E-state index >= 15 is 0 Å². The normalized spacial score (nSPS) is 12.6. The van der Waals surface area contributed by atoms with Crippen LogP contribution in [0.2, 0.25) is 0 Å². The van der Waals surface area contributed by atoms with Gasteiger partial charge in [0, 0.05) is 6.61 Å². The van der Waals surface area contributed by atoms with Gasteiger partial charge in [0.15, 0.2) is 0 Å². The Kier molecular flexibility index (Phi) is 5.27. The van der Waals surface area contributed by atoms with Gasteiger partial charge in [0.05, 0.1) is 17.7 Å². The first kappa shape index (κ1) is 16.6. The maximum absolute atomic E-state index is 12.5. The minimum absolute atomic E-state index is 0.0510. The highest BCUT2D eigenvalue weighted by atomic mass is 19.4. The Labute approximate surface area is 111 Å². The zero-order valence-electron chi connectivity index (χ0n) is 10.4. The first-order valence-corrected chi connectivity index (χ1v) is 5.64. The van der Waals surface area contributed by atoms with E-state index in [-0.39, 0.29) is 19.3 Å². The van der Waals surface area contributed by atoms with Crippen molar-refractivity contribution in [1.29, 1.82) is 0 Å². The van der Waals surface area contributed by atoms with E-state index in [1.54, 1.807) is 6.92 Å². The van der Waals surface area contributed by atoms with Gasteiger partial charge in [-0.25, -0.2) is 0 Å². The fourth-order valence-electron chi connectivity index (χ4n) is 1.37. The molecule has 0 radical (unpaired) electrons. The van der Waals surface area contributed by atoms with E-state index in [1.807, 2.05) is 0 Å². The van der Waals surface area contributed by atoms with Crippen LogP contribution in [0.15, 0.2) is 18.2 Å². The smallest absolute Gasteiger partial charge is 0.416 e. The van der Waals surface area contributed by atoms with Gasteiger partial charge >= 0.3 is 12.4 Å². The minimum Gasteiger partial charge on any atom is -0.491 e. The van der Waals surface area contributed by atoms with Crippen LogP contribution >= 0.6 is 0 Å². The summed E-state index contributed by atoms with van der Waals surface area (Å²) in [4.78, 5) is 0. The Balaban J connectivity index is 2.99. The molecule has 0 bridgehead atoms. The monoisotopic (exact) mass is 302 g/mol. The highest BCUT2D eigenvalue weighted by molar-refractivity contribution is 5.37. The molecule has 20 heavy (non-hydrogen) atoms. The molecular formula is C12H12F6O2. The fourth-order valence-corrected chi connectivity index (χ4v) is 1.37. The van der Waals surface area contributed by atoms with Crippen LogP contribution in [0.5, 0.6) is 5.75 Å². The SMILES string of the molecule is CCOCCOc1cc(C(F)(F)F)cc(C(F)(F)F)c1. The molecule has 8 heteroatoms. The molecule has 2 nitrogen and oxygen atoms in total. The molecule has 0 aliphatic carbocycles. The molecule has 0 unspecified atom stereocenters. The number of hydrogen-bond donors (Lipinski definition) is 0. The summed E-state index contributed by atoms with van der Waals surface area (Å²) in [5, 5.41) is 0. The summed E-state index contributed by atoms with van der Waals surface area (Å²) in [6.45, 7) is 2.02. The summed E-state index contributed by atoms with van der Waals surface area (Å²) in [6.07, 6.45) is -9.75. The Morgan fingerprint density at radius 3 is 1.75 bits per heavy atom.